The molecule has 0 aromatic heterocycles. The molecule has 0 heterocycles. The van der Waals surface area contributed by atoms with Crippen LogP contribution in [-0.4, -0.2) is 58.3 Å². The smallest absolute Gasteiger partial charge is 0.221 e. The number of benzene rings is 2. The molecule has 0 aliphatic carbocycles. The fourth-order valence-electron chi connectivity index (χ4n) is 3.78. The second-order valence-electron chi connectivity index (χ2n) is 9.36. The first kappa shape index (κ1) is 34.0. The van der Waals surface area contributed by atoms with Crippen LogP contribution in [0.3, 0.4) is 0 Å². The minimum atomic E-state index is -4.59. The molecule has 0 unspecified atom stereocenters. The van der Waals surface area contributed by atoms with E-state index in [9.17, 15) is 18.6 Å². The molecular weight excluding hydrogens is 552 g/mol. The van der Waals surface area contributed by atoms with E-state index in [-0.39, 0.29) is 95.4 Å². The van der Waals surface area contributed by atoms with Gasteiger partial charge in [-0.1, -0.05) is 41.5 Å². The molecule has 0 radical (unpaired) electrons. The van der Waals surface area contributed by atoms with Gasteiger partial charge in [-0.15, -0.1) is 0 Å². The van der Waals surface area contributed by atoms with Crippen molar-refractivity contribution in [2.75, 3.05) is 39.6 Å². The molecule has 2 aromatic rings. The Hall–Kier alpha value is -3.21. The first-order valence-corrected chi connectivity index (χ1v) is 16.0. The van der Waals surface area contributed by atoms with Crippen LogP contribution in [0.15, 0.2) is 21.9 Å². The maximum absolute atomic E-state index is 14.8. The highest BCUT2D eigenvalue weighted by molar-refractivity contribution is 7.92. The molecule has 0 spiro atoms. The summed E-state index contributed by atoms with van der Waals surface area (Å²) < 4.78 is 65.0. The van der Waals surface area contributed by atoms with Crippen molar-refractivity contribution in [1.29, 1.82) is 0 Å². The van der Waals surface area contributed by atoms with Crippen LogP contribution >= 0.6 is 0 Å². The van der Waals surface area contributed by atoms with E-state index in [1.54, 1.807) is 0 Å². The fourth-order valence-corrected chi connectivity index (χ4v) is 5.54. The van der Waals surface area contributed by atoms with E-state index >= 15 is 0 Å². The number of phenols is 2. The topological polar surface area (TPSA) is 130 Å². The van der Waals surface area contributed by atoms with E-state index in [1.807, 2.05) is 41.5 Å². The molecule has 10 nitrogen and oxygen atoms in total. The van der Waals surface area contributed by atoms with Gasteiger partial charge < -0.3 is 38.6 Å². The lowest BCUT2D eigenvalue weighted by Gasteiger charge is -2.24. The third-order valence-electron chi connectivity index (χ3n) is 5.54. The molecule has 0 aliphatic heterocycles. The molecule has 0 atom stereocenters. The molecular formula is C30H46O10S. The molecule has 11 heteroatoms. The van der Waals surface area contributed by atoms with Gasteiger partial charge in [0, 0.05) is 12.1 Å². The lowest BCUT2D eigenvalue weighted by molar-refractivity contribution is 0.241. The highest BCUT2D eigenvalue weighted by Gasteiger charge is 2.39. The number of hydrogen-bond acceptors (Lipinski definition) is 10. The molecule has 41 heavy (non-hydrogen) atoms. The molecule has 2 N–H and O–H groups in total. The van der Waals surface area contributed by atoms with E-state index < -0.39 is 9.84 Å². The van der Waals surface area contributed by atoms with E-state index in [0.29, 0.717) is 38.5 Å². The normalized spacial score (nSPS) is 11.3. The Morgan fingerprint density at radius 1 is 0.488 bits per heavy atom. The van der Waals surface area contributed by atoms with Crippen LogP contribution in [0.5, 0.6) is 46.0 Å². The summed E-state index contributed by atoms with van der Waals surface area (Å²) in [4.78, 5) is -0.670. The third kappa shape index (κ3) is 8.40. The Morgan fingerprint density at radius 2 is 0.756 bits per heavy atom. The number of rotatable bonds is 20. The average Bonchev–Trinajstić information content (AvgIpc) is 2.95. The summed E-state index contributed by atoms with van der Waals surface area (Å²) in [5.41, 5.74) is 0. The predicted molar refractivity (Wildman–Crippen MR) is 156 cm³/mol. The molecule has 2 rings (SSSR count). The van der Waals surface area contributed by atoms with Gasteiger partial charge in [0.25, 0.3) is 0 Å². The van der Waals surface area contributed by atoms with Gasteiger partial charge in [0.15, 0.2) is 32.8 Å². The van der Waals surface area contributed by atoms with Crippen molar-refractivity contribution >= 4 is 9.84 Å². The standard InChI is InChI=1S/C30H46O10S/c1-7-13-35-23-19-21(31)25(37-15-9-3)27(39-17-11-5)29(23)41(33,34)30-24(36-14-8-2)20-22(32)26(38-16-10-4)28(30)40-18-12-6/h19-20,31-32H,7-18H2,1-6H3. The van der Waals surface area contributed by atoms with Crippen LogP contribution in [0, 0.1) is 0 Å². The summed E-state index contributed by atoms with van der Waals surface area (Å²) in [6.07, 6.45) is 3.54. The van der Waals surface area contributed by atoms with Gasteiger partial charge >= 0.3 is 0 Å². The zero-order chi connectivity index (χ0) is 30.4. The van der Waals surface area contributed by atoms with Gasteiger partial charge in [0.05, 0.1) is 39.6 Å². The summed E-state index contributed by atoms with van der Waals surface area (Å²) in [6, 6.07) is 2.45. The lowest BCUT2D eigenvalue weighted by atomic mass is 10.2. The van der Waals surface area contributed by atoms with Crippen LogP contribution in [0.1, 0.15) is 80.1 Å². The monoisotopic (exact) mass is 598 g/mol. The molecule has 2 aromatic carbocycles. The van der Waals surface area contributed by atoms with Gasteiger partial charge in [-0.25, -0.2) is 8.42 Å². The van der Waals surface area contributed by atoms with Crippen molar-refractivity contribution in [3.05, 3.63) is 12.1 Å². The Kier molecular flexibility index (Phi) is 14.0. The summed E-state index contributed by atoms with van der Waals surface area (Å²) in [7, 11) is -4.59. The van der Waals surface area contributed by atoms with E-state index in [0.717, 1.165) is 0 Å². The maximum Gasteiger partial charge on any atom is 0.221 e. The Bertz CT molecular complexity index is 1120. The van der Waals surface area contributed by atoms with Gasteiger partial charge in [-0.3, -0.25) is 0 Å². The molecule has 0 amide bonds. The molecule has 0 saturated carbocycles. The van der Waals surface area contributed by atoms with Gasteiger partial charge in [0.1, 0.15) is 11.5 Å². The zero-order valence-corrected chi connectivity index (χ0v) is 26.0. The predicted octanol–water partition coefficient (Wildman–Crippen LogP) is 6.66. The number of phenolic OH excluding ortho intramolecular Hbond substituents is 2. The molecule has 0 aliphatic rings. The summed E-state index contributed by atoms with van der Waals surface area (Å²) in [5.74, 6) is -1.37. The Labute approximate surface area is 244 Å². The van der Waals surface area contributed by atoms with Crippen molar-refractivity contribution in [2.24, 2.45) is 0 Å². The molecule has 0 bridgehead atoms. The van der Waals surface area contributed by atoms with Crippen molar-refractivity contribution in [1.82, 2.24) is 0 Å². The van der Waals surface area contributed by atoms with Crippen LogP contribution in [0.25, 0.3) is 0 Å². The lowest BCUT2D eigenvalue weighted by Crippen LogP contribution is -2.15. The first-order chi connectivity index (χ1) is 19.7. The van der Waals surface area contributed by atoms with Crippen molar-refractivity contribution < 1.29 is 47.1 Å². The minimum Gasteiger partial charge on any atom is -0.504 e. The zero-order valence-electron chi connectivity index (χ0n) is 25.2. The van der Waals surface area contributed by atoms with Crippen molar-refractivity contribution in [3.63, 3.8) is 0 Å². The van der Waals surface area contributed by atoms with E-state index in [4.69, 9.17) is 28.4 Å². The number of ether oxygens (including phenoxy) is 6. The summed E-state index contributed by atoms with van der Waals surface area (Å²) in [6.45, 7) is 12.4. The van der Waals surface area contributed by atoms with Crippen LogP contribution in [-0.2, 0) is 9.84 Å². The second-order valence-corrected chi connectivity index (χ2v) is 11.2. The van der Waals surface area contributed by atoms with Gasteiger partial charge in [0.2, 0.25) is 21.3 Å². The van der Waals surface area contributed by atoms with Crippen LogP contribution in [0.4, 0.5) is 0 Å². The quantitative estimate of drug-likeness (QED) is 0.171. The van der Waals surface area contributed by atoms with Gasteiger partial charge in [-0.2, -0.15) is 0 Å². The van der Waals surface area contributed by atoms with Crippen LogP contribution < -0.4 is 28.4 Å². The second kappa shape index (κ2) is 16.9. The summed E-state index contributed by atoms with van der Waals surface area (Å²) in [5, 5.41) is 21.8. The minimum absolute atomic E-state index is 0.101. The first-order valence-electron chi connectivity index (χ1n) is 14.5. The fraction of sp³-hybridized carbons (Fsp3) is 0.600. The maximum atomic E-state index is 14.8. The highest BCUT2D eigenvalue weighted by Crippen LogP contribution is 2.54. The third-order valence-corrected chi connectivity index (χ3v) is 7.38. The number of aromatic hydroxyl groups is 2. The molecule has 0 fully saturated rings. The SMILES string of the molecule is CCCOc1cc(O)c(OCCC)c(OCCC)c1S(=O)(=O)c1c(OCCC)cc(O)c(OCCC)c1OCCC. The number of hydrogen-bond donors (Lipinski definition) is 2. The molecule has 0 saturated heterocycles. The summed E-state index contributed by atoms with van der Waals surface area (Å²) >= 11 is 0. The van der Waals surface area contributed by atoms with E-state index in [2.05, 4.69) is 0 Å². The molecule has 232 valence electrons. The van der Waals surface area contributed by atoms with Crippen molar-refractivity contribution in [3.8, 4) is 46.0 Å². The van der Waals surface area contributed by atoms with Gasteiger partial charge in [-0.05, 0) is 38.5 Å². The largest absolute Gasteiger partial charge is 0.504 e. The van der Waals surface area contributed by atoms with Crippen molar-refractivity contribution in [2.45, 2.75) is 89.9 Å². The average molecular weight is 599 g/mol. The Morgan fingerprint density at radius 3 is 1.05 bits per heavy atom. The highest BCUT2D eigenvalue weighted by atomic mass is 32.2. The Balaban J connectivity index is 3.08. The number of sulfone groups is 1. The van der Waals surface area contributed by atoms with Crippen LogP contribution in [0.2, 0.25) is 0 Å². The van der Waals surface area contributed by atoms with E-state index in [1.165, 1.54) is 12.1 Å².